The number of imide groups is 1. The number of methoxy groups -OCH3 is 1. The average molecular weight is 494 g/mol. The molecule has 0 unspecified atom stereocenters. The summed E-state index contributed by atoms with van der Waals surface area (Å²) in [4.78, 5) is 29.6. The van der Waals surface area contributed by atoms with E-state index in [4.69, 9.17) is 14.2 Å². The van der Waals surface area contributed by atoms with Crippen LogP contribution in [-0.2, 0) is 0 Å². The maximum atomic E-state index is 14.0. The van der Waals surface area contributed by atoms with Crippen LogP contribution in [0.25, 0.3) is 0 Å². The van der Waals surface area contributed by atoms with Crippen LogP contribution in [0.1, 0.15) is 33.6 Å². The van der Waals surface area contributed by atoms with Crippen molar-refractivity contribution >= 4 is 17.5 Å². The van der Waals surface area contributed by atoms with Gasteiger partial charge in [0.05, 0.1) is 23.9 Å². The monoisotopic (exact) mass is 494 g/mol. The molecule has 1 fully saturated rings. The highest BCUT2D eigenvalue weighted by Crippen LogP contribution is 2.37. The van der Waals surface area contributed by atoms with E-state index in [2.05, 4.69) is 4.90 Å². The van der Waals surface area contributed by atoms with Crippen LogP contribution in [0.3, 0.4) is 0 Å². The highest BCUT2D eigenvalue weighted by atomic mass is 19.1. The molecule has 1 saturated heterocycles. The largest absolute Gasteiger partial charge is 0.493 e. The van der Waals surface area contributed by atoms with Crippen LogP contribution >= 0.6 is 0 Å². The maximum Gasteiger partial charge on any atom is 0.266 e. The molecule has 0 aromatic heterocycles. The lowest BCUT2D eigenvalue weighted by Gasteiger charge is -2.18. The van der Waals surface area contributed by atoms with Crippen molar-refractivity contribution < 1.29 is 32.6 Å². The second-order valence-corrected chi connectivity index (χ2v) is 8.56. The molecule has 3 aromatic rings. The number of rotatable bonds is 8. The Morgan fingerprint density at radius 2 is 1.61 bits per heavy atom. The number of carbonyl (C=O) groups excluding carboxylic acids is 2. The van der Waals surface area contributed by atoms with Gasteiger partial charge in [0.25, 0.3) is 11.8 Å². The third-order valence-electron chi connectivity index (χ3n) is 6.25. The third-order valence-corrected chi connectivity index (χ3v) is 6.25. The highest BCUT2D eigenvalue weighted by Gasteiger charge is 2.37. The van der Waals surface area contributed by atoms with Gasteiger partial charge in [0.2, 0.25) is 0 Å². The van der Waals surface area contributed by atoms with E-state index >= 15 is 0 Å². The second kappa shape index (κ2) is 9.94. The van der Waals surface area contributed by atoms with E-state index < -0.39 is 23.4 Å². The van der Waals surface area contributed by atoms with Crippen molar-refractivity contribution in [1.82, 2.24) is 4.90 Å². The zero-order valence-corrected chi connectivity index (χ0v) is 19.6. The molecule has 0 aliphatic carbocycles. The minimum absolute atomic E-state index is 0.0965. The van der Waals surface area contributed by atoms with Crippen molar-refractivity contribution in [3.8, 4) is 23.0 Å². The highest BCUT2D eigenvalue weighted by molar-refractivity contribution is 6.34. The molecule has 2 amide bonds. The van der Waals surface area contributed by atoms with Crippen molar-refractivity contribution in [2.24, 2.45) is 0 Å². The van der Waals surface area contributed by atoms with Crippen LogP contribution in [0.5, 0.6) is 23.0 Å². The molecule has 2 heterocycles. The Kier molecular flexibility index (Phi) is 6.56. The fraction of sp³-hybridized carbons (Fsp3) is 0.259. The first-order chi connectivity index (χ1) is 17.4. The summed E-state index contributed by atoms with van der Waals surface area (Å²) in [5.41, 5.74) is 0.597. The molecule has 9 heteroatoms. The fourth-order valence-electron chi connectivity index (χ4n) is 4.41. The van der Waals surface area contributed by atoms with Crippen LogP contribution in [-0.4, -0.2) is 50.1 Å². The number of ether oxygens (including phenoxy) is 3. The number of halogens is 2. The van der Waals surface area contributed by atoms with Gasteiger partial charge in [0.15, 0.2) is 23.1 Å². The summed E-state index contributed by atoms with van der Waals surface area (Å²) in [6.45, 7) is 3.46. The molecule has 0 radical (unpaired) electrons. The molecule has 7 nitrogen and oxygen atoms in total. The minimum Gasteiger partial charge on any atom is -0.493 e. The molecule has 0 bridgehead atoms. The number of anilines is 1. The van der Waals surface area contributed by atoms with Crippen LogP contribution in [0.4, 0.5) is 14.5 Å². The Bertz CT molecular complexity index is 1320. The number of amides is 2. The lowest BCUT2D eigenvalue weighted by Crippen LogP contribution is -2.29. The Labute approximate surface area is 206 Å². The van der Waals surface area contributed by atoms with Gasteiger partial charge in [0.1, 0.15) is 18.2 Å². The Hall–Kier alpha value is -3.98. The van der Waals surface area contributed by atoms with E-state index in [0.717, 1.165) is 42.7 Å². The molecule has 186 valence electrons. The van der Waals surface area contributed by atoms with Gasteiger partial charge in [-0.15, -0.1) is 0 Å². The van der Waals surface area contributed by atoms with Crippen molar-refractivity contribution in [2.45, 2.75) is 12.8 Å². The van der Waals surface area contributed by atoms with E-state index in [1.54, 1.807) is 18.2 Å². The van der Waals surface area contributed by atoms with Crippen LogP contribution in [0, 0.1) is 11.6 Å². The van der Waals surface area contributed by atoms with Crippen molar-refractivity contribution in [2.75, 3.05) is 38.3 Å². The summed E-state index contributed by atoms with van der Waals surface area (Å²) >= 11 is 0. The van der Waals surface area contributed by atoms with Gasteiger partial charge in [-0.05, 0) is 68.4 Å². The van der Waals surface area contributed by atoms with Gasteiger partial charge in [0, 0.05) is 18.7 Å². The number of carbonyl (C=O) groups is 2. The number of benzene rings is 3. The Morgan fingerprint density at radius 3 is 2.39 bits per heavy atom. The summed E-state index contributed by atoms with van der Waals surface area (Å²) in [5, 5.41) is 0. The predicted molar refractivity (Wildman–Crippen MR) is 128 cm³/mol. The van der Waals surface area contributed by atoms with Crippen molar-refractivity contribution in [3.05, 3.63) is 77.4 Å². The van der Waals surface area contributed by atoms with E-state index in [1.807, 2.05) is 0 Å². The SMILES string of the molecule is COc1cc(N2C(=O)c3ccc(Oc4cc(F)ccc4F)cc3C2=O)ccc1OCCN1CCCC1. The summed E-state index contributed by atoms with van der Waals surface area (Å²) in [6, 6.07) is 11.9. The number of likely N-dealkylation sites (tertiary alicyclic amines) is 1. The van der Waals surface area contributed by atoms with Crippen LogP contribution in [0.15, 0.2) is 54.6 Å². The Morgan fingerprint density at radius 1 is 0.833 bits per heavy atom. The van der Waals surface area contributed by atoms with E-state index in [-0.39, 0.29) is 22.6 Å². The molecule has 0 N–H and O–H groups in total. The number of fused-ring (bicyclic) bond motifs is 1. The predicted octanol–water partition coefficient (Wildman–Crippen LogP) is 5.04. The zero-order chi connectivity index (χ0) is 25.2. The first kappa shape index (κ1) is 23.7. The molecule has 3 aromatic carbocycles. The quantitative estimate of drug-likeness (QED) is 0.409. The standard InChI is InChI=1S/C27H24F2N2O5/c1-34-25-15-18(5-9-23(25)35-13-12-30-10-2-3-11-30)31-26(32)20-7-6-19(16-21(20)27(31)33)36-24-14-17(28)4-8-22(24)29/h4-9,14-16H,2-3,10-13H2,1H3. The molecule has 2 aliphatic heterocycles. The summed E-state index contributed by atoms with van der Waals surface area (Å²) in [6.07, 6.45) is 2.40. The van der Waals surface area contributed by atoms with Crippen molar-refractivity contribution in [3.63, 3.8) is 0 Å². The molecular weight excluding hydrogens is 470 g/mol. The normalized spacial score (nSPS) is 15.4. The van der Waals surface area contributed by atoms with Crippen LogP contribution < -0.4 is 19.1 Å². The molecule has 5 rings (SSSR count). The summed E-state index contributed by atoms with van der Waals surface area (Å²) in [7, 11) is 1.49. The molecule has 0 atom stereocenters. The van der Waals surface area contributed by atoms with Gasteiger partial charge >= 0.3 is 0 Å². The lowest BCUT2D eigenvalue weighted by molar-refractivity contribution is 0.0926. The fourth-order valence-corrected chi connectivity index (χ4v) is 4.41. The first-order valence-electron chi connectivity index (χ1n) is 11.6. The first-order valence-corrected chi connectivity index (χ1v) is 11.6. The zero-order valence-electron chi connectivity index (χ0n) is 19.6. The average Bonchev–Trinajstić information content (AvgIpc) is 3.48. The summed E-state index contributed by atoms with van der Waals surface area (Å²) in [5.74, 6) is -1.80. The van der Waals surface area contributed by atoms with Gasteiger partial charge < -0.3 is 14.2 Å². The molecular formula is C27H24F2N2O5. The molecule has 2 aliphatic rings. The lowest BCUT2D eigenvalue weighted by atomic mass is 10.1. The number of hydrogen-bond acceptors (Lipinski definition) is 6. The van der Waals surface area contributed by atoms with E-state index in [9.17, 15) is 18.4 Å². The van der Waals surface area contributed by atoms with Crippen LogP contribution in [0.2, 0.25) is 0 Å². The van der Waals surface area contributed by atoms with Gasteiger partial charge in [-0.2, -0.15) is 0 Å². The number of nitrogens with zero attached hydrogens (tertiary/aromatic N) is 2. The van der Waals surface area contributed by atoms with Crippen molar-refractivity contribution in [1.29, 1.82) is 0 Å². The van der Waals surface area contributed by atoms with Gasteiger partial charge in [-0.3, -0.25) is 14.5 Å². The van der Waals surface area contributed by atoms with E-state index in [0.29, 0.717) is 23.8 Å². The molecule has 0 spiro atoms. The number of hydrogen-bond donors (Lipinski definition) is 0. The molecule has 36 heavy (non-hydrogen) atoms. The maximum absolute atomic E-state index is 14.0. The Balaban J connectivity index is 1.34. The summed E-state index contributed by atoms with van der Waals surface area (Å²) < 4.78 is 44.2. The second-order valence-electron chi connectivity index (χ2n) is 8.56. The smallest absolute Gasteiger partial charge is 0.266 e. The topological polar surface area (TPSA) is 68.3 Å². The third kappa shape index (κ3) is 4.61. The minimum atomic E-state index is -0.754. The van der Waals surface area contributed by atoms with Gasteiger partial charge in [-0.1, -0.05) is 0 Å². The van der Waals surface area contributed by atoms with Gasteiger partial charge in [-0.25, -0.2) is 13.7 Å². The molecule has 0 saturated carbocycles. The van der Waals surface area contributed by atoms with E-state index in [1.165, 1.54) is 38.2 Å².